The molecule has 4 heteroatoms. The van der Waals surface area contributed by atoms with Gasteiger partial charge in [0, 0.05) is 17.8 Å². The molecule has 1 atom stereocenters. The van der Waals surface area contributed by atoms with E-state index in [9.17, 15) is 4.79 Å². The molecule has 0 saturated carbocycles. The third-order valence-electron chi connectivity index (χ3n) is 3.66. The lowest BCUT2D eigenvalue weighted by Crippen LogP contribution is -2.27. The maximum atomic E-state index is 12.4. The number of pyridine rings is 2. The van der Waals surface area contributed by atoms with Crippen LogP contribution in [0.25, 0.3) is 10.9 Å². The fourth-order valence-corrected chi connectivity index (χ4v) is 2.40. The highest BCUT2D eigenvalue weighted by atomic mass is 16.1. The minimum absolute atomic E-state index is 0.0651. The number of hydrogen-bond acceptors (Lipinski definition) is 3. The molecule has 110 valence electrons. The van der Waals surface area contributed by atoms with Gasteiger partial charge in [-0.2, -0.15) is 0 Å². The van der Waals surface area contributed by atoms with E-state index < -0.39 is 0 Å². The molecule has 0 radical (unpaired) electrons. The molecule has 3 aromatic rings. The zero-order chi connectivity index (χ0) is 15.5. The highest BCUT2D eigenvalue weighted by molar-refractivity contribution is 5.95. The Hall–Kier alpha value is -2.75. The van der Waals surface area contributed by atoms with Gasteiger partial charge in [0.2, 0.25) is 0 Å². The second-order valence-electron chi connectivity index (χ2n) is 5.33. The molecule has 22 heavy (non-hydrogen) atoms. The Labute approximate surface area is 129 Å². The zero-order valence-electron chi connectivity index (χ0n) is 12.6. The normalized spacial score (nSPS) is 12.1. The van der Waals surface area contributed by atoms with Gasteiger partial charge in [-0.25, -0.2) is 4.98 Å². The van der Waals surface area contributed by atoms with Crippen LogP contribution in [0.1, 0.15) is 34.6 Å². The molecular weight excluding hydrogens is 274 g/mol. The van der Waals surface area contributed by atoms with Crippen molar-refractivity contribution in [3.63, 3.8) is 0 Å². The summed E-state index contributed by atoms with van der Waals surface area (Å²) in [5.41, 5.74) is 3.26. The van der Waals surface area contributed by atoms with Crippen molar-refractivity contribution in [1.29, 1.82) is 0 Å². The Morgan fingerprint density at radius 3 is 2.64 bits per heavy atom. The van der Waals surface area contributed by atoms with Crippen LogP contribution in [0.5, 0.6) is 0 Å². The van der Waals surface area contributed by atoms with E-state index in [2.05, 4.69) is 15.3 Å². The molecule has 4 nitrogen and oxygen atoms in total. The molecule has 0 aliphatic heterocycles. The fourth-order valence-electron chi connectivity index (χ4n) is 2.40. The van der Waals surface area contributed by atoms with Gasteiger partial charge in [0.05, 0.1) is 11.6 Å². The van der Waals surface area contributed by atoms with Gasteiger partial charge in [0.1, 0.15) is 5.69 Å². The highest BCUT2D eigenvalue weighted by Crippen LogP contribution is 2.16. The number of benzene rings is 1. The topological polar surface area (TPSA) is 54.9 Å². The molecule has 1 N–H and O–H groups in total. The number of carbonyl (C=O) groups is 1. The van der Waals surface area contributed by atoms with Crippen molar-refractivity contribution in [1.82, 2.24) is 15.3 Å². The molecule has 0 unspecified atom stereocenters. The first-order chi connectivity index (χ1) is 10.6. The van der Waals surface area contributed by atoms with E-state index in [1.807, 2.05) is 50.2 Å². The van der Waals surface area contributed by atoms with Crippen molar-refractivity contribution in [2.24, 2.45) is 0 Å². The Kier molecular flexibility index (Phi) is 3.83. The molecule has 0 fully saturated rings. The molecular formula is C18H17N3O. The van der Waals surface area contributed by atoms with Gasteiger partial charge in [0.25, 0.3) is 5.91 Å². The van der Waals surface area contributed by atoms with Gasteiger partial charge in [-0.3, -0.25) is 9.78 Å². The number of fused-ring (bicyclic) bond motifs is 1. The van der Waals surface area contributed by atoms with E-state index in [0.29, 0.717) is 5.69 Å². The maximum Gasteiger partial charge on any atom is 0.270 e. The molecule has 1 aromatic carbocycles. The molecule has 0 aliphatic carbocycles. The lowest BCUT2D eigenvalue weighted by Gasteiger charge is -2.14. The summed E-state index contributed by atoms with van der Waals surface area (Å²) in [5, 5.41) is 3.92. The largest absolute Gasteiger partial charge is 0.344 e. The van der Waals surface area contributed by atoms with Crippen molar-refractivity contribution in [3.8, 4) is 0 Å². The number of aryl methyl sites for hydroxylation is 1. The van der Waals surface area contributed by atoms with Crippen molar-refractivity contribution in [2.75, 3.05) is 0 Å². The predicted octanol–water partition coefficient (Wildman–Crippen LogP) is 3.43. The van der Waals surface area contributed by atoms with Gasteiger partial charge in [0.15, 0.2) is 0 Å². The van der Waals surface area contributed by atoms with Crippen molar-refractivity contribution < 1.29 is 4.79 Å². The summed E-state index contributed by atoms with van der Waals surface area (Å²) in [4.78, 5) is 21.0. The van der Waals surface area contributed by atoms with Crippen LogP contribution in [0.15, 0.2) is 54.9 Å². The van der Waals surface area contributed by atoms with E-state index in [1.54, 1.807) is 18.5 Å². The number of hydrogen-bond donors (Lipinski definition) is 1. The first-order valence-electron chi connectivity index (χ1n) is 7.22. The molecule has 3 rings (SSSR count). The van der Waals surface area contributed by atoms with E-state index in [-0.39, 0.29) is 11.9 Å². The van der Waals surface area contributed by atoms with E-state index >= 15 is 0 Å². The quantitative estimate of drug-likeness (QED) is 0.804. The monoisotopic (exact) mass is 291 g/mol. The van der Waals surface area contributed by atoms with Crippen LogP contribution in [-0.4, -0.2) is 15.9 Å². The first-order valence-corrected chi connectivity index (χ1v) is 7.22. The standard InChI is InChI=1S/C18H17N3O/c1-12-10-19-11-15-8-9-16(21-17(12)15)18(22)20-13(2)14-6-4-3-5-7-14/h3-11,13H,1-2H3,(H,20,22)/t13-/m0/s1. The summed E-state index contributed by atoms with van der Waals surface area (Å²) in [5.74, 6) is -0.172. The minimum atomic E-state index is -0.172. The number of aromatic nitrogens is 2. The number of nitrogens with zero attached hydrogens (tertiary/aromatic N) is 2. The minimum Gasteiger partial charge on any atom is -0.344 e. The summed E-state index contributed by atoms with van der Waals surface area (Å²) in [6.07, 6.45) is 3.51. The van der Waals surface area contributed by atoms with Crippen LogP contribution in [0, 0.1) is 6.92 Å². The maximum absolute atomic E-state index is 12.4. The molecule has 0 bridgehead atoms. The number of rotatable bonds is 3. The Balaban J connectivity index is 1.85. The van der Waals surface area contributed by atoms with Gasteiger partial charge in [-0.15, -0.1) is 0 Å². The lowest BCUT2D eigenvalue weighted by atomic mass is 10.1. The van der Waals surface area contributed by atoms with Gasteiger partial charge < -0.3 is 5.32 Å². The SMILES string of the molecule is Cc1cncc2ccc(C(=O)N[C@@H](C)c3ccccc3)nc12. The van der Waals surface area contributed by atoms with Crippen LogP contribution in [-0.2, 0) is 0 Å². The van der Waals surface area contributed by atoms with Gasteiger partial charge in [-0.05, 0) is 37.1 Å². The van der Waals surface area contributed by atoms with E-state index in [0.717, 1.165) is 22.0 Å². The summed E-state index contributed by atoms with van der Waals surface area (Å²) in [6, 6.07) is 13.4. The molecule has 1 amide bonds. The van der Waals surface area contributed by atoms with Crippen LogP contribution in [0.2, 0.25) is 0 Å². The zero-order valence-corrected chi connectivity index (χ0v) is 12.6. The molecule has 0 spiro atoms. The van der Waals surface area contributed by atoms with Gasteiger partial charge in [-0.1, -0.05) is 30.3 Å². The Morgan fingerprint density at radius 1 is 1.09 bits per heavy atom. The molecule has 0 saturated heterocycles. The fraction of sp³-hybridized carbons (Fsp3) is 0.167. The molecule has 2 heterocycles. The van der Waals surface area contributed by atoms with Crippen LogP contribution >= 0.6 is 0 Å². The highest BCUT2D eigenvalue weighted by Gasteiger charge is 2.13. The van der Waals surface area contributed by atoms with Crippen LogP contribution in [0.3, 0.4) is 0 Å². The number of nitrogens with one attached hydrogen (secondary N) is 1. The summed E-state index contributed by atoms with van der Waals surface area (Å²) in [6.45, 7) is 3.90. The van der Waals surface area contributed by atoms with Crippen molar-refractivity contribution in [2.45, 2.75) is 19.9 Å². The Morgan fingerprint density at radius 2 is 1.86 bits per heavy atom. The Bertz CT molecular complexity index is 815. The van der Waals surface area contributed by atoms with Gasteiger partial charge >= 0.3 is 0 Å². The third-order valence-corrected chi connectivity index (χ3v) is 3.66. The summed E-state index contributed by atoms with van der Waals surface area (Å²) in [7, 11) is 0. The smallest absolute Gasteiger partial charge is 0.270 e. The lowest BCUT2D eigenvalue weighted by molar-refractivity contribution is 0.0935. The second-order valence-corrected chi connectivity index (χ2v) is 5.33. The average Bonchev–Trinajstić information content (AvgIpc) is 2.55. The average molecular weight is 291 g/mol. The number of carbonyl (C=O) groups excluding carboxylic acids is 1. The van der Waals surface area contributed by atoms with E-state index in [1.165, 1.54) is 0 Å². The third kappa shape index (κ3) is 2.81. The van der Waals surface area contributed by atoms with Crippen molar-refractivity contribution >= 4 is 16.8 Å². The summed E-state index contributed by atoms with van der Waals surface area (Å²) < 4.78 is 0. The second kappa shape index (κ2) is 5.93. The first kappa shape index (κ1) is 14.2. The molecule has 0 aliphatic rings. The van der Waals surface area contributed by atoms with Crippen LogP contribution < -0.4 is 5.32 Å². The van der Waals surface area contributed by atoms with Crippen LogP contribution in [0.4, 0.5) is 0 Å². The molecule has 2 aromatic heterocycles. The number of amides is 1. The predicted molar refractivity (Wildman–Crippen MR) is 86.6 cm³/mol. The van der Waals surface area contributed by atoms with E-state index in [4.69, 9.17) is 0 Å². The van der Waals surface area contributed by atoms with Crippen molar-refractivity contribution in [3.05, 3.63) is 71.7 Å². The summed E-state index contributed by atoms with van der Waals surface area (Å²) >= 11 is 0.